The van der Waals surface area contributed by atoms with E-state index in [0.29, 0.717) is 5.41 Å². The molecule has 0 unspecified atom stereocenters. The number of amides is 2. The van der Waals surface area contributed by atoms with E-state index in [9.17, 15) is 9.59 Å². The molecule has 0 atom stereocenters. The third-order valence-corrected chi connectivity index (χ3v) is 5.88. The summed E-state index contributed by atoms with van der Waals surface area (Å²) in [5.41, 5.74) is 0.178. The van der Waals surface area contributed by atoms with Crippen molar-refractivity contribution >= 4 is 11.8 Å². The van der Waals surface area contributed by atoms with Crippen molar-refractivity contribution in [2.75, 3.05) is 45.8 Å². The molecule has 0 aliphatic carbocycles. The molecule has 3 heterocycles. The average Bonchev–Trinajstić information content (AvgIpc) is 2.36. The minimum atomic E-state index is -0.220. The first-order valence-electron chi connectivity index (χ1n) is 8.15. The van der Waals surface area contributed by atoms with Crippen LogP contribution in [0.4, 0.5) is 4.79 Å². The molecule has 5 heteroatoms. The third kappa shape index (κ3) is 2.45. The van der Waals surface area contributed by atoms with Gasteiger partial charge in [-0.15, -0.1) is 0 Å². The van der Waals surface area contributed by atoms with Crippen LogP contribution in [0.2, 0.25) is 0 Å². The zero-order valence-electron chi connectivity index (χ0n) is 13.5. The SMILES string of the molecule is CCN1CC2(C1)CN(C(=O)N1CCC(C)(C(C)=O)CC1)C2. The molecule has 21 heavy (non-hydrogen) atoms. The molecule has 0 radical (unpaired) electrons. The van der Waals surface area contributed by atoms with Gasteiger partial charge in [0.25, 0.3) is 0 Å². The summed E-state index contributed by atoms with van der Waals surface area (Å²) in [5, 5.41) is 0. The molecule has 0 N–H and O–H groups in total. The molecule has 0 bridgehead atoms. The van der Waals surface area contributed by atoms with Crippen LogP contribution in [-0.4, -0.2) is 72.3 Å². The maximum atomic E-state index is 12.5. The Hall–Kier alpha value is -1.10. The summed E-state index contributed by atoms with van der Waals surface area (Å²) in [6.07, 6.45) is 1.60. The van der Waals surface area contributed by atoms with Crippen molar-refractivity contribution < 1.29 is 9.59 Å². The first-order chi connectivity index (χ1) is 9.87. The van der Waals surface area contributed by atoms with Crippen LogP contribution in [-0.2, 0) is 4.79 Å². The van der Waals surface area contributed by atoms with Crippen molar-refractivity contribution in [3.05, 3.63) is 0 Å². The molecule has 5 nitrogen and oxygen atoms in total. The number of carbonyl (C=O) groups is 2. The quantitative estimate of drug-likeness (QED) is 0.774. The molecule has 0 aromatic heterocycles. The second-order valence-corrected chi connectivity index (χ2v) is 7.55. The topological polar surface area (TPSA) is 43.9 Å². The fourth-order valence-electron chi connectivity index (χ4n) is 3.97. The van der Waals surface area contributed by atoms with Crippen molar-refractivity contribution in [1.82, 2.24) is 14.7 Å². The highest BCUT2D eigenvalue weighted by molar-refractivity contribution is 5.82. The predicted molar refractivity (Wildman–Crippen MR) is 81.1 cm³/mol. The molecule has 3 aliphatic rings. The van der Waals surface area contributed by atoms with Crippen LogP contribution in [0.5, 0.6) is 0 Å². The van der Waals surface area contributed by atoms with E-state index in [2.05, 4.69) is 11.8 Å². The molecule has 3 rings (SSSR count). The maximum Gasteiger partial charge on any atom is 0.320 e. The monoisotopic (exact) mass is 293 g/mol. The smallest absolute Gasteiger partial charge is 0.320 e. The molecule has 1 spiro atoms. The Bertz CT molecular complexity index is 440. The number of ketones is 1. The fourth-order valence-corrected chi connectivity index (χ4v) is 3.97. The number of Topliss-reactive ketones (excluding diaryl/α,β-unsaturated/α-hetero) is 1. The highest BCUT2D eigenvalue weighted by atomic mass is 16.2. The zero-order valence-corrected chi connectivity index (χ0v) is 13.5. The van der Waals surface area contributed by atoms with Gasteiger partial charge < -0.3 is 14.7 Å². The van der Waals surface area contributed by atoms with E-state index in [4.69, 9.17) is 0 Å². The Morgan fingerprint density at radius 1 is 1.00 bits per heavy atom. The van der Waals surface area contributed by atoms with Gasteiger partial charge >= 0.3 is 6.03 Å². The third-order valence-electron chi connectivity index (χ3n) is 5.88. The number of rotatable bonds is 2. The normalized spacial score (nSPS) is 27.2. The van der Waals surface area contributed by atoms with Gasteiger partial charge in [-0.1, -0.05) is 13.8 Å². The zero-order chi connectivity index (χ0) is 15.3. The van der Waals surface area contributed by atoms with Crippen molar-refractivity contribution in [2.24, 2.45) is 10.8 Å². The van der Waals surface area contributed by atoms with E-state index in [1.165, 1.54) is 0 Å². The number of carbonyl (C=O) groups excluding carboxylic acids is 2. The Morgan fingerprint density at radius 3 is 2.05 bits per heavy atom. The van der Waals surface area contributed by atoms with Gasteiger partial charge in [-0.25, -0.2) is 4.79 Å². The summed E-state index contributed by atoms with van der Waals surface area (Å²) in [6.45, 7) is 12.6. The van der Waals surface area contributed by atoms with Gasteiger partial charge in [-0.05, 0) is 26.3 Å². The van der Waals surface area contributed by atoms with Crippen LogP contribution < -0.4 is 0 Å². The lowest BCUT2D eigenvalue weighted by Crippen LogP contribution is -2.73. The van der Waals surface area contributed by atoms with Gasteiger partial charge in [0.1, 0.15) is 5.78 Å². The average molecular weight is 293 g/mol. The molecule has 3 aliphatic heterocycles. The van der Waals surface area contributed by atoms with E-state index >= 15 is 0 Å². The molecule has 0 aromatic rings. The number of piperidine rings is 1. The van der Waals surface area contributed by atoms with Crippen LogP contribution in [0.1, 0.15) is 33.6 Å². The van der Waals surface area contributed by atoms with E-state index in [-0.39, 0.29) is 17.2 Å². The number of nitrogens with zero attached hydrogens (tertiary/aromatic N) is 3. The minimum absolute atomic E-state index is 0.182. The van der Waals surface area contributed by atoms with E-state index < -0.39 is 0 Å². The van der Waals surface area contributed by atoms with E-state index in [0.717, 1.165) is 58.7 Å². The van der Waals surface area contributed by atoms with Crippen molar-refractivity contribution in [1.29, 1.82) is 0 Å². The molecule has 0 saturated carbocycles. The van der Waals surface area contributed by atoms with Gasteiger partial charge in [0.2, 0.25) is 0 Å². The van der Waals surface area contributed by atoms with Gasteiger partial charge in [0, 0.05) is 50.1 Å². The lowest BCUT2D eigenvalue weighted by Gasteiger charge is -2.60. The predicted octanol–water partition coefficient (Wildman–Crippen LogP) is 1.43. The van der Waals surface area contributed by atoms with Gasteiger partial charge in [0.05, 0.1) is 0 Å². The Morgan fingerprint density at radius 2 is 1.57 bits per heavy atom. The first-order valence-corrected chi connectivity index (χ1v) is 8.15. The van der Waals surface area contributed by atoms with Gasteiger partial charge in [-0.2, -0.15) is 0 Å². The first kappa shape index (κ1) is 14.8. The summed E-state index contributed by atoms with van der Waals surface area (Å²) in [5.74, 6) is 0.256. The van der Waals surface area contributed by atoms with Crippen LogP contribution in [0.3, 0.4) is 0 Å². The van der Waals surface area contributed by atoms with Crippen LogP contribution in [0.15, 0.2) is 0 Å². The molecular weight excluding hydrogens is 266 g/mol. The van der Waals surface area contributed by atoms with Crippen LogP contribution in [0, 0.1) is 10.8 Å². The van der Waals surface area contributed by atoms with Gasteiger partial charge in [0.15, 0.2) is 0 Å². The summed E-state index contributed by atoms with van der Waals surface area (Å²) < 4.78 is 0. The number of hydrogen-bond acceptors (Lipinski definition) is 3. The highest BCUT2D eigenvalue weighted by Gasteiger charge is 2.53. The summed E-state index contributed by atoms with van der Waals surface area (Å²) in [6, 6.07) is 0.182. The largest absolute Gasteiger partial charge is 0.325 e. The number of hydrogen-bond donors (Lipinski definition) is 0. The Balaban J connectivity index is 1.47. The fraction of sp³-hybridized carbons (Fsp3) is 0.875. The van der Waals surface area contributed by atoms with Crippen molar-refractivity contribution in [2.45, 2.75) is 33.6 Å². The van der Waals surface area contributed by atoms with E-state index in [1.807, 2.05) is 16.7 Å². The maximum absolute atomic E-state index is 12.5. The molecule has 0 aromatic carbocycles. The van der Waals surface area contributed by atoms with Crippen molar-refractivity contribution in [3.63, 3.8) is 0 Å². The molecule has 3 fully saturated rings. The summed E-state index contributed by atoms with van der Waals surface area (Å²) in [4.78, 5) is 30.5. The van der Waals surface area contributed by atoms with E-state index in [1.54, 1.807) is 6.92 Å². The summed E-state index contributed by atoms with van der Waals surface area (Å²) in [7, 11) is 0. The molecule has 2 amide bonds. The molecule has 3 saturated heterocycles. The number of urea groups is 1. The van der Waals surface area contributed by atoms with Crippen LogP contribution >= 0.6 is 0 Å². The Labute approximate surface area is 127 Å². The Kier molecular flexibility index (Phi) is 3.51. The molecular formula is C16H27N3O2. The lowest BCUT2D eigenvalue weighted by molar-refractivity contribution is -0.128. The van der Waals surface area contributed by atoms with Crippen LogP contribution in [0.25, 0.3) is 0 Å². The second kappa shape index (κ2) is 4.97. The summed E-state index contributed by atoms with van der Waals surface area (Å²) >= 11 is 0. The second-order valence-electron chi connectivity index (χ2n) is 7.55. The standard InChI is InChI=1S/C16H27N3O2/c1-4-17-9-16(10-17)11-19(12-16)14(21)18-7-5-15(3,6-8-18)13(2)20/h4-12H2,1-3H3. The van der Waals surface area contributed by atoms with Gasteiger partial charge in [-0.3, -0.25) is 4.79 Å². The lowest BCUT2D eigenvalue weighted by atomic mass is 9.73. The highest BCUT2D eigenvalue weighted by Crippen LogP contribution is 2.40. The minimum Gasteiger partial charge on any atom is -0.325 e. The molecule has 118 valence electrons. The van der Waals surface area contributed by atoms with Crippen molar-refractivity contribution in [3.8, 4) is 0 Å². The number of likely N-dealkylation sites (tertiary alicyclic amines) is 3.